The van der Waals surface area contributed by atoms with Crippen LogP contribution >= 0.6 is 11.8 Å². The molecule has 0 aliphatic carbocycles. The number of hydrogen-bond donors (Lipinski definition) is 0. The fourth-order valence-corrected chi connectivity index (χ4v) is 3.05. The van der Waals surface area contributed by atoms with Crippen LogP contribution in [0.2, 0.25) is 0 Å². The third-order valence-electron chi connectivity index (χ3n) is 2.92. The van der Waals surface area contributed by atoms with Crippen molar-refractivity contribution in [2.75, 3.05) is 7.11 Å². The molecule has 1 atom stereocenters. The number of hydrogen-bond acceptors (Lipinski definition) is 6. The van der Waals surface area contributed by atoms with E-state index in [1.807, 2.05) is 6.92 Å². The van der Waals surface area contributed by atoms with Crippen LogP contribution in [0.4, 0.5) is 5.69 Å². The molecule has 1 aromatic heterocycles. The van der Waals surface area contributed by atoms with Gasteiger partial charge in [0.25, 0.3) is 5.69 Å². The molecule has 0 amide bonds. The minimum atomic E-state index is -0.443. The summed E-state index contributed by atoms with van der Waals surface area (Å²) >= 11 is 1.47. The van der Waals surface area contributed by atoms with E-state index in [2.05, 4.69) is 9.72 Å². The number of nitro groups is 1. The maximum atomic E-state index is 11.3. The Morgan fingerprint density at radius 2 is 2.24 bits per heavy atom. The van der Waals surface area contributed by atoms with Gasteiger partial charge in [0, 0.05) is 27.8 Å². The second-order valence-corrected chi connectivity index (χ2v) is 5.93. The Hall–Kier alpha value is -2.15. The summed E-state index contributed by atoms with van der Waals surface area (Å²) in [6.07, 6.45) is 1.82. The molecule has 110 valence electrons. The van der Waals surface area contributed by atoms with Crippen LogP contribution in [0.3, 0.4) is 0 Å². The number of rotatable bonds is 5. The number of aromatic nitrogens is 1. The molecular weight excluding hydrogens is 292 g/mol. The lowest BCUT2D eigenvalue weighted by atomic mass is 10.2. The zero-order valence-corrected chi connectivity index (χ0v) is 12.4. The molecule has 0 saturated heterocycles. The van der Waals surface area contributed by atoms with Gasteiger partial charge in [-0.1, -0.05) is 19.1 Å². The van der Waals surface area contributed by atoms with Gasteiger partial charge < -0.3 is 4.74 Å². The van der Waals surface area contributed by atoms with Gasteiger partial charge in [-0.2, -0.15) is 0 Å². The van der Waals surface area contributed by atoms with E-state index in [4.69, 9.17) is 0 Å². The van der Waals surface area contributed by atoms with Crippen molar-refractivity contribution in [3.8, 4) is 0 Å². The van der Waals surface area contributed by atoms with E-state index in [0.717, 1.165) is 4.90 Å². The van der Waals surface area contributed by atoms with Crippen LogP contribution in [0.25, 0.3) is 10.9 Å². The highest BCUT2D eigenvalue weighted by molar-refractivity contribution is 8.00. The van der Waals surface area contributed by atoms with Crippen molar-refractivity contribution in [3.63, 3.8) is 0 Å². The first kappa shape index (κ1) is 15.2. The Kier molecular flexibility index (Phi) is 4.74. The van der Waals surface area contributed by atoms with Gasteiger partial charge in [-0.25, -0.2) is 4.98 Å². The summed E-state index contributed by atoms with van der Waals surface area (Å²) in [7, 11) is 1.35. The summed E-state index contributed by atoms with van der Waals surface area (Å²) in [6, 6.07) is 6.66. The summed E-state index contributed by atoms with van der Waals surface area (Å²) in [5.74, 6) is -0.278. The highest BCUT2D eigenvalue weighted by atomic mass is 32.2. The predicted molar refractivity (Wildman–Crippen MR) is 80.3 cm³/mol. The molecule has 1 heterocycles. The minimum Gasteiger partial charge on any atom is -0.469 e. The first-order valence-corrected chi connectivity index (χ1v) is 7.16. The fourth-order valence-electron chi connectivity index (χ4n) is 1.96. The number of carbonyl (C=O) groups excluding carboxylic acids is 1. The first-order valence-electron chi connectivity index (χ1n) is 6.28. The third-order valence-corrected chi connectivity index (χ3v) is 4.10. The van der Waals surface area contributed by atoms with Crippen molar-refractivity contribution in [3.05, 3.63) is 40.6 Å². The lowest BCUT2D eigenvalue weighted by Crippen LogP contribution is -2.08. The van der Waals surface area contributed by atoms with E-state index in [9.17, 15) is 14.9 Å². The van der Waals surface area contributed by atoms with Crippen LogP contribution in [0.15, 0.2) is 35.4 Å². The maximum absolute atomic E-state index is 11.3. The monoisotopic (exact) mass is 306 g/mol. The average molecular weight is 306 g/mol. The van der Waals surface area contributed by atoms with Gasteiger partial charge in [-0.15, -0.1) is 11.8 Å². The molecule has 2 aromatic rings. The van der Waals surface area contributed by atoms with Crippen LogP contribution in [0.5, 0.6) is 0 Å². The Morgan fingerprint density at radius 1 is 1.48 bits per heavy atom. The summed E-state index contributed by atoms with van der Waals surface area (Å²) in [6.45, 7) is 1.91. The number of ether oxygens (including phenoxy) is 1. The van der Waals surface area contributed by atoms with Crippen molar-refractivity contribution in [2.45, 2.75) is 23.5 Å². The molecule has 0 aliphatic heterocycles. The summed E-state index contributed by atoms with van der Waals surface area (Å²) in [5.41, 5.74) is 0.341. The molecular formula is C14H14N2O4S. The number of benzene rings is 1. The van der Waals surface area contributed by atoms with Crippen molar-refractivity contribution in [1.29, 1.82) is 0 Å². The molecule has 0 N–H and O–H groups in total. The Bertz CT molecular complexity index is 690. The molecule has 0 spiro atoms. The zero-order valence-electron chi connectivity index (χ0n) is 11.6. The molecule has 1 unspecified atom stereocenters. The molecule has 0 radical (unpaired) electrons. The highest BCUT2D eigenvalue weighted by Gasteiger charge is 2.17. The SMILES string of the molecule is COC(=O)CC(C)Sc1ccnc2c([N+](=O)[O-])cccc12. The van der Waals surface area contributed by atoms with Gasteiger partial charge in [0.2, 0.25) is 0 Å². The van der Waals surface area contributed by atoms with Crippen molar-refractivity contribution >= 4 is 34.3 Å². The highest BCUT2D eigenvalue weighted by Crippen LogP contribution is 2.34. The van der Waals surface area contributed by atoms with Crippen LogP contribution in [0.1, 0.15) is 13.3 Å². The molecule has 0 bridgehead atoms. The van der Waals surface area contributed by atoms with Gasteiger partial charge in [-0.05, 0) is 6.07 Å². The molecule has 2 rings (SSSR count). The molecule has 6 nitrogen and oxygen atoms in total. The largest absolute Gasteiger partial charge is 0.469 e. The Labute approximate surface area is 125 Å². The van der Waals surface area contributed by atoms with E-state index in [1.54, 1.807) is 24.4 Å². The number of para-hydroxylation sites is 1. The van der Waals surface area contributed by atoms with Crippen molar-refractivity contribution < 1.29 is 14.5 Å². The number of pyridine rings is 1. The number of non-ortho nitro benzene ring substituents is 1. The number of carbonyl (C=O) groups is 1. The maximum Gasteiger partial charge on any atom is 0.306 e. The van der Waals surface area contributed by atoms with Gasteiger partial charge >= 0.3 is 5.97 Å². The van der Waals surface area contributed by atoms with Gasteiger partial charge in [0.15, 0.2) is 0 Å². The quantitative estimate of drug-likeness (QED) is 0.365. The Morgan fingerprint density at radius 3 is 2.90 bits per heavy atom. The van der Waals surface area contributed by atoms with E-state index in [-0.39, 0.29) is 23.3 Å². The van der Waals surface area contributed by atoms with Gasteiger partial charge in [0.05, 0.1) is 18.5 Å². The smallest absolute Gasteiger partial charge is 0.306 e. The minimum absolute atomic E-state index is 0.00214. The second-order valence-electron chi connectivity index (χ2n) is 4.45. The summed E-state index contributed by atoms with van der Waals surface area (Å²) in [5, 5.41) is 11.7. The normalized spacial score (nSPS) is 12.1. The number of nitrogens with zero attached hydrogens (tertiary/aromatic N) is 2. The van der Waals surface area contributed by atoms with Crippen molar-refractivity contribution in [1.82, 2.24) is 4.98 Å². The first-order chi connectivity index (χ1) is 10.0. The number of esters is 1. The number of nitro benzene ring substituents is 1. The third kappa shape index (κ3) is 3.49. The van der Waals surface area contributed by atoms with E-state index in [0.29, 0.717) is 10.9 Å². The lowest BCUT2D eigenvalue weighted by Gasteiger charge is -2.11. The predicted octanol–water partition coefficient (Wildman–Crippen LogP) is 3.19. The fraction of sp³-hybridized carbons (Fsp3) is 0.286. The Balaban J connectivity index is 2.35. The molecule has 0 saturated carbocycles. The van der Waals surface area contributed by atoms with E-state index >= 15 is 0 Å². The second kappa shape index (κ2) is 6.53. The van der Waals surface area contributed by atoms with Crippen LogP contribution in [-0.4, -0.2) is 28.2 Å². The van der Waals surface area contributed by atoms with Crippen molar-refractivity contribution in [2.24, 2.45) is 0 Å². The van der Waals surface area contributed by atoms with E-state index < -0.39 is 4.92 Å². The molecule has 1 aromatic carbocycles. The standard InChI is InChI=1S/C14H14N2O4S/c1-9(8-13(17)20-2)21-12-6-7-15-14-10(12)4-3-5-11(14)16(18)19/h3-7,9H,8H2,1-2H3. The molecule has 21 heavy (non-hydrogen) atoms. The molecule has 0 aliphatic rings. The number of fused-ring (bicyclic) bond motifs is 1. The van der Waals surface area contributed by atoms with Crippen LogP contribution < -0.4 is 0 Å². The summed E-state index contributed by atoms with van der Waals surface area (Å²) in [4.78, 5) is 26.8. The topological polar surface area (TPSA) is 82.3 Å². The lowest BCUT2D eigenvalue weighted by molar-refractivity contribution is -0.383. The number of thioether (sulfide) groups is 1. The zero-order chi connectivity index (χ0) is 15.4. The molecule has 0 fully saturated rings. The average Bonchev–Trinajstić information content (AvgIpc) is 2.46. The van der Waals surface area contributed by atoms with Crippen LogP contribution in [-0.2, 0) is 9.53 Å². The van der Waals surface area contributed by atoms with E-state index in [1.165, 1.54) is 24.9 Å². The van der Waals surface area contributed by atoms with Gasteiger partial charge in [0.1, 0.15) is 5.52 Å². The molecule has 7 heteroatoms. The summed E-state index contributed by atoms with van der Waals surface area (Å²) < 4.78 is 4.64. The number of methoxy groups -OCH3 is 1. The van der Waals surface area contributed by atoms with Gasteiger partial charge in [-0.3, -0.25) is 14.9 Å². The van der Waals surface area contributed by atoms with Crippen LogP contribution in [0, 0.1) is 10.1 Å².